The van der Waals surface area contributed by atoms with Crippen LogP contribution in [-0.2, 0) is 12.8 Å². The molecule has 1 heterocycles. The summed E-state index contributed by atoms with van der Waals surface area (Å²) in [6, 6.07) is 9.95. The summed E-state index contributed by atoms with van der Waals surface area (Å²) in [6.07, 6.45) is 1.46. The normalized spacial score (nSPS) is 12.7. The standard InChI is InChI=1S/C15H17ClOS/c1-3-10-5-6-12(9-11(10)4-2)15(17)13-7-8-14(16)18-13/h5-9,15,17H,3-4H2,1-2H3. The number of hydrogen-bond acceptors (Lipinski definition) is 2. The quantitative estimate of drug-likeness (QED) is 0.867. The second-order valence-electron chi connectivity index (χ2n) is 4.28. The third-order valence-electron chi connectivity index (χ3n) is 3.17. The first-order chi connectivity index (χ1) is 8.65. The minimum atomic E-state index is -0.571. The van der Waals surface area contributed by atoms with E-state index in [1.807, 2.05) is 18.2 Å². The number of aliphatic hydroxyl groups excluding tert-OH is 1. The first-order valence-electron chi connectivity index (χ1n) is 6.20. The van der Waals surface area contributed by atoms with E-state index in [4.69, 9.17) is 11.6 Å². The van der Waals surface area contributed by atoms with Gasteiger partial charge in [0.05, 0.1) is 4.34 Å². The van der Waals surface area contributed by atoms with Crippen molar-refractivity contribution in [2.75, 3.05) is 0 Å². The van der Waals surface area contributed by atoms with Gasteiger partial charge in [0.2, 0.25) is 0 Å². The molecule has 0 radical (unpaired) electrons. The van der Waals surface area contributed by atoms with Crippen LogP contribution in [0.15, 0.2) is 30.3 Å². The first-order valence-corrected chi connectivity index (χ1v) is 7.40. The first kappa shape index (κ1) is 13.6. The van der Waals surface area contributed by atoms with Crippen molar-refractivity contribution in [2.24, 2.45) is 0 Å². The minimum Gasteiger partial charge on any atom is -0.383 e. The summed E-state index contributed by atoms with van der Waals surface area (Å²) in [6.45, 7) is 4.30. The molecule has 0 saturated carbocycles. The number of rotatable bonds is 4. The molecule has 18 heavy (non-hydrogen) atoms. The van der Waals surface area contributed by atoms with Crippen LogP contribution in [0.3, 0.4) is 0 Å². The Kier molecular flexibility index (Phi) is 4.44. The largest absolute Gasteiger partial charge is 0.383 e. The third kappa shape index (κ3) is 2.77. The summed E-state index contributed by atoms with van der Waals surface area (Å²) in [5.41, 5.74) is 3.62. The van der Waals surface area contributed by atoms with Gasteiger partial charge in [-0.05, 0) is 41.7 Å². The van der Waals surface area contributed by atoms with E-state index in [0.29, 0.717) is 4.34 Å². The molecule has 1 aromatic heterocycles. The van der Waals surface area contributed by atoms with Gasteiger partial charge in [0.15, 0.2) is 0 Å². The van der Waals surface area contributed by atoms with E-state index < -0.39 is 6.10 Å². The molecule has 2 aromatic rings. The number of thiophene rings is 1. The third-order valence-corrected chi connectivity index (χ3v) is 4.45. The van der Waals surface area contributed by atoms with Crippen LogP contribution in [0, 0.1) is 0 Å². The summed E-state index contributed by atoms with van der Waals surface area (Å²) in [7, 11) is 0. The molecule has 0 bridgehead atoms. The van der Waals surface area contributed by atoms with Crippen molar-refractivity contribution in [3.63, 3.8) is 0 Å². The van der Waals surface area contributed by atoms with E-state index in [2.05, 4.69) is 26.0 Å². The van der Waals surface area contributed by atoms with Gasteiger partial charge in [-0.25, -0.2) is 0 Å². The molecule has 1 unspecified atom stereocenters. The second-order valence-corrected chi connectivity index (χ2v) is 6.03. The maximum atomic E-state index is 10.3. The van der Waals surface area contributed by atoms with Crippen LogP contribution in [0.4, 0.5) is 0 Å². The fourth-order valence-corrected chi connectivity index (χ4v) is 3.20. The summed E-state index contributed by atoms with van der Waals surface area (Å²) >= 11 is 7.34. The Bertz CT molecular complexity index is 533. The Morgan fingerprint density at radius 3 is 2.39 bits per heavy atom. The lowest BCUT2D eigenvalue weighted by molar-refractivity contribution is 0.224. The fourth-order valence-electron chi connectivity index (χ4n) is 2.13. The highest BCUT2D eigenvalue weighted by Crippen LogP contribution is 2.31. The molecule has 1 N–H and O–H groups in total. The van der Waals surface area contributed by atoms with Crippen molar-refractivity contribution >= 4 is 22.9 Å². The van der Waals surface area contributed by atoms with Gasteiger partial charge >= 0.3 is 0 Å². The molecule has 0 aliphatic rings. The average Bonchev–Trinajstić information content (AvgIpc) is 2.83. The molecule has 0 aliphatic carbocycles. The molecule has 3 heteroatoms. The van der Waals surface area contributed by atoms with Crippen LogP contribution in [0.1, 0.15) is 41.5 Å². The molecular weight excluding hydrogens is 264 g/mol. The Hall–Kier alpha value is -0.830. The minimum absolute atomic E-state index is 0.571. The molecule has 0 spiro atoms. The molecule has 1 aromatic carbocycles. The average molecular weight is 281 g/mol. The second kappa shape index (κ2) is 5.87. The van der Waals surface area contributed by atoms with Crippen LogP contribution >= 0.6 is 22.9 Å². The molecule has 1 nitrogen and oxygen atoms in total. The number of aryl methyl sites for hydroxylation is 2. The summed E-state index contributed by atoms with van der Waals surface area (Å²) in [4.78, 5) is 0.895. The van der Waals surface area contributed by atoms with Gasteiger partial charge in [-0.15, -0.1) is 11.3 Å². The Labute approximate surface area is 117 Å². The molecule has 96 valence electrons. The molecule has 0 fully saturated rings. The molecular formula is C15H17ClOS. The van der Waals surface area contributed by atoms with Crippen LogP contribution in [0.25, 0.3) is 0 Å². The van der Waals surface area contributed by atoms with Crippen molar-refractivity contribution in [2.45, 2.75) is 32.8 Å². The predicted molar refractivity (Wildman–Crippen MR) is 78.6 cm³/mol. The molecule has 2 rings (SSSR count). The number of benzene rings is 1. The van der Waals surface area contributed by atoms with Crippen molar-refractivity contribution in [3.05, 3.63) is 56.2 Å². The van der Waals surface area contributed by atoms with E-state index in [1.165, 1.54) is 22.5 Å². The lowest BCUT2D eigenvalue weighted by atomic mass is 9.97. The fraction of sp³-hybridized carbons (Fsp3) is 0.333. The summed E-state index contributed by atoms with van der Waals surface area (Å²) < 4.78 is 0.713. The van der Waals surface area contributed by atoms with E-state index in [0.717, 1.165) is 23.3 Å². The zero-order chi connectivity index (χ0) is 13.1. The highest BCUT2D eigenvalue weighted by Gasteiger charge is 2.14. The summed E-state index contributed by atoms with van der Waals surface area (Å²) in [5.74, 6) is 0. The Balaban J connectivity index is 2.33. The highest BCUT2D eigenvalue weighted by molar-refractivity contribution is 7.16. The van der Waals surface area contributed by atoms with Gasteiger partial charge in [-0.1, -0.05) is 43.6 Å². The number of hydrogen-bond donors (Lipinski definition) is 1. The van der Waals surface area contributed by atoms with Crippen molar-refractivity contribution in [1.82, 2.24) is 0 Å². The van der Waals surface area contributed by atoms with Crippen LogP contribution in [0.2, 0.25) is 4.34 Å². The monoisotopic (exact) mass is 280 g/mol. The number of halogens is 1. The number of aliphatic hydroxyl groups is 1. The van der Waals surface area contributed by atoms with Crippen LogP contribution in [-0.4, -0.2) is 5.11 Å². The van der Waals surface area contributed by atoms with E-state index in [9.17, 15) is 5.11 Å². The van der Waals surface area contributed by atoms with Gasteiger partial charge in [-0.2, -0.15) is 0 Å². The maximum Gasteiger partial charge on any atom is 0.113 e. The van der Waals surface area contributed by atoms with Crippen molar-refractivity contribution in [3.8, 4) is 0 Å². The van der Waals surface area contributed by atoms with Crippen LogP contribution in [0.5, 0.6) is 0 Å². The lowest BCUT2D eigenvalue weighted by Gasteiger charge is -2.13. The zero-order valence-corrected chi connectivity index (χ0v) is 12.2. The highest BCUT2D eigenvalue weighted by atomic mass is 35.5. The van der Waals surface area contributed by atoms with Gasteiger partial charge in [0, 0.05) is 4.88 Å². The van der Waals surface area contributed by atoms with Gasteiger partial charge in [-0.3, -0.25) is 0 Å². The maximum absolute atomic E-state index is 10.3. The predicted octanol–water partition coefficient (Wildman–Crippen LogP) is 4.61. The Morgan fingerprint density at radius 2 is 1.83 bits per heavy atom. The zero-order valence-electron chi connectivity index (χ0n) is 10.6. The van der Waals surface area contributed by atoms with Gasteiger partial charge in [0.25, 0.3) is 0 Å². The smallest absolute Gasteiger partial charge is 0.113 e. The SMILES string of the molecule is CCc1ccc(C(O)c2ccc(Cl)s2)cc1CC. The molecule has 0 amide bonds. The van der Waals surface area contributed by atoms with Crippen molar-refractivity contribution < 1.29 is 5.11 Å². The van der Waals surface area contributed by atoms with Gasteiger partial charge in [0.1, 0.15) is 6.10 Å². The Morgan fingerprint density at radius 1 is 1.11 bits per heavy atom. The van der Waals surface area contributed by atoms with Gasteiger partial charge < -0.3 is 5.11 Å². The van der Waals surface area contributed by atoms with E-state index in [-0.39, 0.29) is 0 Å². The van der Waals surface area contributed by atoms with Crippen LogP contribution < -0.4 is 0 Å². The molecule has 0 aliphatic heterocycles. The van der Waals surface area contributed by atoms with E-state index >= 15 is 0 Å². The topological polar surface area (TPSA) is 20.2 Å². The summed E-state index contributed by atoms with van der Waals surface area (Å²) in [5, 5.41) is 10.3. The van der Waals surface area contributed by atoms with Crippen molar-refractivity contribution in [1.29, 1.82) is 0 Å². The lowest BCUT2D eigenvalue weighted by Crippen LogP contribution is -2.00. The molecule has 1 atom stereocenters. The molecule has 0 saturated heterocycles. The van der Waals surface area contributed by atoms with E-state index in [1.54, 1.807) is 0 Å².